The smallest absolute Gasteiger partial charge is 0.117 e. The molecule has 4 saturated carbocycles. The summed E-state index contributed by atoms with van der Waals surface area (Å²) in [6.07, 6.45) is 24.1. The van der Waals surface area contributed by atoms with Crippen LogP contribution in [0.4, 0.5) is 0 Å². The molecule has 4 nitrogen and oxygen atoms in total. The van der Waals surface area contributed by atoms with Gasteiger partial charge in [0.2, 0.25) is 0 Å². The minimum absolute atomic E-state index is 0.103. The Kier molecular flexibility index (Phi) is 7.35. The van der Waals surface area contributed by atoms with Gasteiger partial charge in [0, 0.05) is 11.1 Å². The van der Waals surface area contributed by atoms with Gasteiger partial charge in [0.05, 0.1) is 12.2 Å². The Labute approximate surface area is 263 Å². The normalized spacial score (nSPS) is 39.5. The van der Waals surface area contributed by atoms with Crippen molar-refractivity contribution in [3.05, 3.63) is 57.6 Å². The van der Waals surface area contributed by atoms with Gasteiger partial charge >= 0.3 is 0 Å². The molecule has 4 N–H and O–H groups in total. The van der Waals surface area contributed by atoms with E-state index in [0.29, 0.717) is 47.0 Å². The number of fused-ring (bicyclic) bond motifs is 10. The van der Waals surface area contributed by atoms with Crippen molar-refractivity contribution in [2.75, 3.05) is 0 Å². The zero-order valence-corrected chi connectivity index (χ0v) is 26.4. The predicted octanol–water partition coefficient (Wildman–Crippen LogP) is 7.18. The van der Waals surface area contributed by atoms with Crippen molar-refractivity contribution in [3.63, 3.8) is 0 Å². The number of aliphatic hydroxyl groups excluding tert-OH is 2. The van der Waals surface area contributed by atoms with Crippen LogP contribution in [0, 0.1) is 59.2 Å². The fourth-order valence-corrected chi connectivity index (χ4v) is 11.6. The topological polar surface area (TPSA) is 80.9 Å². The van der Waals surface area contributed by atoms with Gasteiger partial charge in [-0.2, -0.15) is 0 Å². The van der Waals surface area contributed by atoms with Gasteiger partial charge in [-0.15, -0.1) is 12.8 Å². The summed E-state index contributed by atoms with van der Waals surface area (Å²) in [6, 6.07) is 7.31. The van der Waals surface area contributed by atoms with Crippen LogP contribution in [-0.4, -0.2) is 32.6 Å². The van der Waals surface area contributed by atoms with Crippen LogP contribution in [0.1, 0.15) is 123 Å². The van der Waals surface area contributed by atoms with Crippen molar-refractivity contribution in [3.8, 4) is 36.2 Å². The summed E-state index contributed by atoms with van der Waals surface area (Å²) in [5.74, 6) is 9.72. The first-order valence-corrected chi connectivity index (χ1v) is 17.1. The van der Waals surface area contributed by atoms with Crippen LogP contribution in [0.3, 0.4) is 0 Å². The standard InChI is InChI=1S/2C20H24O2/c2*1-3-12-10-14(21)11-13-4-5-15-16(19(12)13)8-9-20(2)17(15)6-7-18(20)22/h2*1,10-11,15-18,21-22H,4-9H2,2H3/t2*15-,16+,17+,18+,20+/m11/s1. The van der Waals surface area contributed by atoms with E-state index in [1.165, 1.54) is 22.3 Å². The van der Waals surface area contributed by atoms with Crippen molar-refractivity contribution in [1.29, 1.82) is 0 Å². The molecule has 8 rings (SSSR count). The van der Waals surface area contributed by atoms with Gasteiger partial charge in [0.15, 0.2) is 0 Å². The summed E-state index contributed by atoms with van der Waals surface area (Å²) in [5, 5.41) is 40.7. The molecule has 2 aromatic rings. The SMILES string of the molecule is C#Cc1cc(O)cc2c1[C@H]1CC[C@]3(C)[C@@H](O)CC[C@H]3[C@@H]1CC2.C#Cc1cc(O)cc2c1[C@H]1CC[C@]3(C)[C@@H](O)CC[C@H]3[C@@H]1CC2. The molecule has 0 amide bonds. The number of phenolic OH excluding ortho intramolecular Hbond substituents is 2. The van der Waals surface area contributed by atoms with Crippen LogP contribution in [0.2, 0.25) is 0 Å². The summed E-state index contributed by atoms with van der Waals surface area (Å²) < 4.78 is 0. The number of rotatable bonds is 0. The number of phenols is 2. The molecule has 0 unspecified atom stereocenters. The molecular formula is C40H48O4. The van der Waals surface area contributed by atoms with E-state index in [1.54, 1.807) is 12.1 Å². The van der Waals surface area contributed by atoms with Crippen LogP contribution >= 0.6 is 0 Å². The Morgan fingerprint density at radius 3 is 1.41 bits per heavy atom. The lowest BCUT2D eigenvalue weighted by Crippen LogP contribution is -2.44. The minimum Gasteiger partial charge on any atom is -0.508 e. The molecule has 232 valence electrons. The first-order chi connectivity index (χ1) is 21.1. The van der Waals surface area contributed by atoms with Gasteiger partial charge < -0.3 is 20.4 Å². The highest BCUT2D eigenvalue weighted by Gasteiger charge is 2.56. The lowest BCUT2D eigenvalue weighted by Gasteiger charge is -2.50. The zero-order chi connectivity index (χ0) is 31.0. The van der Waals surface area contributed by atoms with Crippen LogP contribution < -0.4 is 0 Å². The molecule has 2 aromatic carbocycles. The van der Waals surface area contributed by atoms with Crippen molar-refractivity contribution in [2.24, 2.45) is 34.5 Å². The molecule has 0 spiro atoms. The van der Waals surface area contributed by atoms with Gasteiger partial charge in [-0.1, -0.05) is 25.7 Å². The molecule has 0 aromatic heterocycles. The Hall–Kier alpha value is -2.92. The van der Waals surface area contributed by atoms with Crippen molar-refractivity contribution in [1.82, 2.24) is 0 Å². The second-order valence-corrected chi connectivity index (χ2v) is 15.5. The third-order valence-electron chi connectivity index (χ3n) is 13.8. The number of aryl methyl sites for hydroxylation is 2. The first kappa shape index (κ1) is 29.8. The molecular weight excluding hydrogens is 544 g/mol. The summed E-state index contributed by atoms with van der Waals surface area (Å²) in [7, 11) is 0. The van der Waals surface area contributed by atoms with Crippen LogP contribution in [0.15, 0.2) is 24.3 Å². The quantitative estimate of drug-likeness (QED) is 0.244. The number of hydrogen-bond acceptors (Lipinski definition) is 4. The Bertz CT molecular complexity index is 1430. The summed E-state index contributed by atoms with van der Waals surface area (Å²) >= 11 is 0. The van der Waals surface area contributed by atoms with Gasteiger partial charge in [0.25, 0.3) is 0 Å². The molecule has 6 aliphatic carbocycles. The third kappa shape index (κ3) is 4.43. The van der Waals surface area contributed by atoms with E-state index in [9.17, 15) is 20.4 Å². The number of benzene rings is 2. The molecule has 4 heteroatoms. The summed E-state index contributed by atoms with van der Waals surface area (Å²) in [6.45, 7) is 4.58. The molecule has 10 atom stereocenters. The Balaban J connectivity index is 0.000000142. The van der Waals surface area contributed by atoms with E-state index < -0.39 is 0 Å². The maximum atomic E-state index is 10.4. The largest absolute Gasteiger partial charge is 0.508 e. The van der Waals surface area contributed by atoms with E-state index in [1.807, 2.05) is 12.1 Å². The van der Waals surface area contributed by atoms with E-state index in [-0.39, 0.29) is 23.0 Å². The lowest BCUT2D eigenvalue weighted by atomic mass is 9.55. The van der Waals surface area contributed by atoms with E-state index in [4.69, 9.17) is 12.8 Å². The summed E-state index contributed by atoms with van der Waals surface area (Å²) in [4.78, 5) is 0. The van der Waals surface area contributed by atoms with E-state index >= 15 is 0 Å². The van der Waals surface area contributed by atoms with Crippen LogP contribution in [0.25, 0.3) is 0 Å². The minimum atomic E-state index is -0.133. The van der Waals surface area contributed by atoms with Gasteiger partial charge in [0.1, 0.15) is 11.5 Å². The van der Waals surface area contributed by atoms with Crippen molar-refractivity contribution < 1.29 is 20.4 Å². The van der Waals surface area contributed by atoms with Gasteiger partial charge in [-0.3, -0.25) is 0 Å². The predicted molar refractivity (Wildman–Crippen MR) is 173 cm³/mol. The highest BCUT2D eigenvalue weighted by Crippen LogP contribution is 2.62. The number of aromatic hydroxyl groups is 2. The Morgan fingerprint density at radius 2 is 1.02 bits per heavy atom. The molecule has 0 bridgehead atoms. The van der Waals surface area contributed by atoms with Crippen molar-refractivity contribution >= 4 is 0 Å². The molecule has 0 saturated heterocycles. The monoisotopic (exact) mass is 592 g/mol. The molecule has 44 heavy (non-hydrogen) atoms. The van der Waals surface area contributed by atoms with E-state index in [0.717, 1.165) is 88.2 Å². The maximum absolute atomic E-state index is 10.4. The lowest BCUT2D eigenvalue weighted by molar-refractivity contribution is -0.0226. The molecule has 0 heterocycles. The second kappa shape index (κ2) is 10.9. The van der Waals surface area contributed by atoms with E-state index in [2.05, 4.69) is 25.7 Å². The Morgan fingerprint density at radius 1 is 0.614 bits per heavy atom. The second-order valence-electron chi connectivity index (χ2n) is 15.5. The highest BCUT2D eigenvalue weighted by atomic mass is 16.3. The maximum Gasteiger partial charge on any atom is 0.117 e. The number of hydrogen-bond donors (Lipinski definition) is 4. The number of terminal acetylenes is 2. The van der Waals surface area contributed by atoms with Gasteiger partial charge in [-0.25, -0.2) is 0 Å². The summed E-state index contributed by atoms with van der Waals surface area (Å²) in [5.41, 5.74) is 7.10. The molecule has 0 aliphatic heterocycles. The fraction of sp³-hybridized carbons (Fsp3) is 0.600. The molecule has 0 radical (unpaired) electrons. The highest BCUT2D eigenvalue weighted by molar-refractivity contribution is 5.54. The van der Waals surface area contributed by atoms with Crippen molar-refractivity contribution in [2.45, 2.75) is 115 Å². The molecule has 4 fully saturated rings. The first-order valence-electron chi connectivity index (χ1n) is 17.1. The average Bonchev–Trinajstić information content (AvgIpc) is 3.50. The third-order valence-corrected chi connectivity index (χ3v) is 13.8. The number of aliphatic hydroxyl groups is 2. The average molecular weight is 593 g/mol. The van der Waals surface area contributed by atoms with Crippen LogP contribution in [0.5, 0.6) is 11.5 Å². The molecule has 6 aliphatic rings. The fourth-order valence-electron chi connectivity index (χ4n) is 11.6. The van der Waals surface area contributed by atoms with Gasteiger partial charge in [-0.05, 0) is 170 Å². The van der Waals surface area contributed by atoms with Crippen LogP contribution in [-0.2, 0) is 12.8 Å². The zero-order valence-electron chi connectivity index (χ0n) is 26.4.